The average Bonchev–Trinajstić information content (AvgIpc) is 2.18. The van der Waals surface area contributed by atoms with Crippen molar-refractivity contribution < 1.29 is 9.47 Å². The predicted octanol–water partition coefficient (Wildman–Crippen LogP) is 2.32. The van der Waals surface area contributed by atoms with Gasteiger partial charge in [-0.1, -0.05) is 22.0 Å². The van der Waals surface area contributed by atoms with Gasteiger partial charge in [0.15, 0.2) is 0 Å². The standard InChI is InChI=1S/C11H16BrNO2/c1-8(7-14-2)15-11-5-10(12)4-3-9(11)6-13/h3-5,8H,6-7,13H2,1-2H3. The van der Waals surface area contributed by atoms with Crippen LogP contribution in [0.2, 0.25) is 0 Å². The minimum absolute atomic E-state index is 0.0228. The van der Waals surface area contributed by atoms with Gasteiger partial charge in [-0.2, -0.15) is 0 Å². The molecule has 0 saturated carbocycles. The molecule has 1 unspecified atom stereocenters. The number of benzene rings is 1. The molecule has 0 radical (unpaired) electrons. The Bertz CT molecular complexity index is 317. The molecule has 4 heteroatoms. The third-order valence-corrected chi connectivity index (χ3v) is 2.47. The molecule has 0 amide bonds. The highest BCUT2D eigenvalue weighted by Crippen LogP contribution is 2.24. The predicted molar refractivity (Wildman–Crippen MR) is 64.0 cm³/mol. The van der Waals surface area contributed by atoms with Gasteiger partial charge in [0.1, 0.15) is 11.9 Å². The summed E-state index contributed by atoms with van der Waals surface area (Å²) in [5, 5.41) is 0. The molecule has 84 valence electrons. The average molecular weight is 274 g/mol. The summed E-state index contributed by atoms with van der Waals surface area (Å²) in [6.07, 6.45) is 0.0228. The Morgan fingerprint density at radius 3 is 2.80 bits per heavy atom. The van der Waals surface area contributed by atoms with Crippen molar-refractivity contribution in [1.29, 1.82) is 0 Å². The number of rotatable bonds is 5. The maximum Gasteiger partial charge on any atom is 0.125 e. The number of hydrogen-bond donors (Lipinski definition) is 1. The molecule has 0 aliphatic rings. The number of ether oxygens (including phenoxy) is 2. The largest absolute Gasteiger partial charge is 0.488 e. The van der Waals surface area contributed by atoms with Crippen molar-refractivity contribution >= 4 is 15.9 Å². The first-order valence-electron chi connectivity index (χ1n) is 4.81. The molecule has 1 aromatic rings. The van der Waals surface area contributed by atoms with E-state index in [0.717, 1.165) is 15.8 Å². The Labute approximate surface area is 98.7 Å². The maximum absolute atomic E-state index is 5.72. The van der Waals surface area contributed by atoms with Gasteiger partial charge in [0.2, 0.25) is 0 Å². The van der Waals surface area contributed by atoms with Gasteiger partial charge >= 0.3 is 0 Å². The fraction of sp³-hybridized carbons (Fsp3) is 0.455. The molecule has 0 fully saturated rings. The molecule has 1 aromatic carbocycles. The zero-order chi connectivity index (χ0) is 11.3. The summed E-state index contributed by atoms with van der Waals surface area (Å²) < 4.78 is 11.7. The molecule has 0 saturated heterocycles. The molecular formula is C11H16BrNO2. The van der Waals surface area contributed by atoms with E-state index in [9.17, 15) is 0 Å². The van der Waals surface area contributed by atoms with E-state index in [4.69, 9.17) is 15.2 Å². The van der Waals surface area contributed by atoms with Crippen molar-refractivity contribution in [1.82, 2.24) is 0 Å². The second kappa shape index (κ2) is 6.10. The molecule has 0 heterocycles. The number of methoxy groups -OCH3 is 1. The topological polar surface area (TPSA) is 44.5 Å². The summed E-state index contributed by atoms with van der Waals surface area (Å²) in [5.41, 5.74) is 6.62. The highest BCUT2D eigenvalue weighted by atomic mass is 79.9. The molecule has 3 nitrogen and oxygen atoms in total. The van der Waals surface area contributed by atoms with Crippen molar-refractivity contribution in [3.05, 3.63) is 28.2 Å². The van der Waals surface area contributed by atoms with Gasteiger partial charge in [-0.3, -0.25) is 0 Å². The molecule has 2 N–H and O–H groups in total. The van der Waals surface area contributed by atoms with Crippen LogP contribution in [0.3, 0.4) is 0 Å². The third-order valence-electron chi connectivity index (χ3n) is 1.98. The van der Waals surface area contributed by atoms with E-state index in [2.05, 4.69) is 15.9 Å². The molecule has 1 atom stereocenters. The van der Waals surface area contributed by atoms with Gasteiger partial charge in [0, 0.05) is 23.7 Å². The first-order valence-corrected chi connectivity index (χ1v) is 5.60. The Morgan fingerprint density at radius 2 is 2.20 bits per heavy atom. The van der Waals surface area contributed by atoms with Crippen LogP contribution >= 0.6 is 15.9 Å². The molecule has 1 rings (SSSR count). The first kappa shape index (κ1) is 12.5. The van der Waals surface area contributed by atoms with Crippen molar-refractivity contribution in [3.8, 4) is 5.75 Å². The lowest BCUT2D eigenvalue weighted by Gasteiger charge is -2.16. The zero-order valence-corrected chi connectivity index (χ0v) is 10.6. The maximum atomic E-state index is 5.72. The van der Waals surface area contributed by atoms with Crippen molar-refractivity contribution in [3.63, 3.8) is 0 Å². The Morgan fingerprint density at radius 1 is 1.47 bits per heavy atom. The van der Waals surface area contributed by atoms with Crippen LogP contribution in [0.15, 0.2) is 22.7 Å². The van der Waals surface area contributed by atoms with Crippen LogP contribution in [0.5, 0.6) is 5.75 Å². The van der Waals surface area contributed by atoms with Crippen LogP contribution < -0.4 is 10.5 Å². The zero-order valence-electron chi connectivity index (χ0n) is 9.00. The van der Waals surface area contributed by atoms with E-state index in [1.54, 1.807) is 7.11 Å². The lowest BCUT2D eigenvalue weighted by Crippen LogP contribution is -2.19. The summed E-state index contributed by atoms with van der Waals surface area (Å²) in [6.45, 7) is 3.00. The van der Waals surface area contributed by atoms with Crippen molar-refractivity contribution in [2.45, 2.75) is 19.6 Å². The molecule has 15 heavy (non-hydrogen) atoms. The van der Waals surface area contributed by atoms with Crippen LogP contribution in [0.25, 0.3) is 0 Å². The van der Waals surface area contributed by atoms with Gasteiger partial charge in [0.25, 0.3) is 0 Å². The monoisotopic (exact) mass is 273 g/mol. The summed E-state index contributed by atoms with van der Waals surface area (Å²) in [7, 11) is 1.66. The molecular weight excluding hydrogens is 258 g/mol. The quantitative estimate of drug-likeness (QED) is 0.896. The fourth-order valence-corrected chi connectivity index (χ4v) is 1.63. The molecule has 0 aromatic heterocycles. The van der Waals surface area contributed by atoms with Crippen LogP contribution in [0.1, 0.15) is 12.5 Å². The molecule has 0 spiro atoms. The van der Waals surface area contributed by atoms with Crippen LogP contribution in [-0.2, 0) is 11.3 Å². The summed E-state index contributed by atoms with van der Waals surface area (Å²) >= 11 is 3.40. The van der Waals surface area contributed by atoms with Crippen molar-refractivity contribution in [2.24, 2.45) is 5.73 Å². The van der Waals surface area contributed by atoms with E-state index in [0.29, 0.717) is 13.2 Å². The van der Waals surface area contributed by atoms with E-state index < -0.39 is 0 Å². The summed E-state index contributed by atoms with van der Waals surface area (Å²) in [6, 6.07) is 5.84. The lowest BCUT2D eigenvalue weighted by molar-refractivity contribution is 0.0914. The summed E-state index contributed by atoms with van der Waals surface area (Å²) in [5.74, 6) is 0.816. The third kappa shape index (κ3) is 3.81. The first-order chi connectivity index (χ1) is 7.17. The Hall–Kier alpha value is -0.580. The van der Waals surface area contributed by atoms with E-state index >= 15 is 0 Å². The van der Waals surface area contributed by atoms with Crippen molar-refractivity contribution in [2.75, 3.05) is 13.7 Å². The van der Waals surface area contributed by atoms with E-state index in [1.807, 2.05) is 25.1 Å². The van der Waals surface area contributed by atoms with E-state index in [-0.39, 0.29) is 6.10 Å². The minimum Gasteiger partial charge on any atom is -0.488 e. The second-order valence-electron chi connectivity index (χ2n) is 3.34. The summed E-state index contributed by atoms with van der Waals surface area (Å²) in [4.78, 5) is 0. The highest BCUT2D eigenvalue weighted by Gasteiger charge is 2.07. The van der Waals surface area contributed by atoms with Crippen LogP contribution in [-0.4, -0.2) is 19.8 Å². The van der Waals surface area contributed by atoms with E-state index in [1.165, 1.54) is 0 Å². The van der Waals surface area contributed by atoms with Crippen LogP contribution in [0.4, 0.5) is 0 Å². The smallest absolute Gasteiger partial charge is 0.125 e. The number of hydrogen-bond acceptors (Lipinski definition) is 3. The molecule has 0 aliphatic carbocycles. The van der Waals surface area contributed by atoms with Gasteiger partial charge in [-0.15, -0.1) is 0 Å². The Kier molecular flexibility index (Phi) is 5.08. The van der Waals surface area contributed by atoms with Gasteiger partial charge < -0.3 is 15.2 Å². The normalized spacial score (nSPS) is 12.5. The second-order valence-corrected chi connectivity index (χ2v) is 4.26. The lowest BCUT2D eigenvalue weighted by atomic mass is 10.2. The van der Waals surface area contributed by atoms with Crippen LogP contribution in [0, 0.1) is 0 Å². The number of halogens is 1. The Balaban J connectivity index is 2.77. The fourth-order valence-electron chi connectivity index (χ4n) is 1.29. The molecule has 0 aliphatic heterocycles. The minimum atomic E-state index is 0.0228. The van der Waals surface area contributed by atoms with Gasteiger partial charge in [0.05, 0.1) is 6.61 Å². The SMILES string of the molecule is COCC(C)Oc1cc(Br)ccc1CN. The number of nitrogens with two attached hydrogens (primary N) is 1. The molecule has 0 bridgehead atoms. The highest BCUT2D eigenvalue weighted by molar-refractivity contribution is 9.10. The van der Waals surface area contributed by atoms with Gasteiger partial charge in [-0.25, -0.2) is 0 Å². The van der Waals surface area contributed by atoms with Gasteiger partial charge in [-0.05, 0) is 19.1 Å².